The van der Waals surface area contributed by atoms with E-state index < -0.39 is 0 Å². The molecule has 0 aromatic carbocycles. The van der Waals surface area contributed by atoms with Crippen molar-refractivity contribution in [3.05, 3.63) is 12.2 Å². The summed E-state index contributed by atoms with van der Waals surface area (Å²) in [5, 5.41) is 23.0. The Kier molecular flexibility index (Phi) is 10.5. The highest BCUT2D eigenvalue weighted by Crippen LogP contribution is 1.94. The first-order valence-electron chi connectivity index (χ1n) is 6.31. The van der Waals surface area contributed by atoms with Gasteiger partial charge in [0.2, 0.25) is 0 Å². The molecule has 0 unspecified atom stereocenters. The summed E-state index contributed by atoms with van der Waals surface area (Å²) in [7, 11) is 0. The van der Waals surface area contributed by atoms with E-state index >= 15 is 0 Å². The summed E-state index contributed by atoms with van der Waals surface area (Å²) in [6.45, 7) is 6.85. The summed E-state index contributed by atoms with van der Waals surface area (Å²) in [4.78, 5) is 4.20. The fraction of sp³-hybridized carbons (Fsp3) is 0.727. The molecule has 1 aromatic rings. The monoisotopic (exact) mass is 382 g/mol. The third-order valence-corrected chi connectivity index (χ3v) is 2.37. The van der Waals surface area contributed by atoms with Crippen molar-refractivity contribution in [2.45, 2.75) is 26.8 Å². The zero-order valence-corrected chi connectivity index (χ0v) is 13.8. The number of aromatic nitrogens is 3. The number of hydrogen-bond acceptors (Lipinski definition) is 4. The maximum absolute atomic E-state index is 8.74. The average Bonchev–Trinajstić information content (AvgIpc) is 2.83. The first kappa shape index (κ1) is 18.1. The highest BCUT2D eigenvalue weighted by Gasteiger charge is 2.01. The van der Waals surface area contributed by atoms with Gasteiger partial charge in [-0.05, 0) is 6.92 Å². The molecule has 3 N–H and O–H groups in total. The van der Waals surface area contributed by atoms with Crippen molar-refractivity contribution in [1.29, 1.82) is 0 Å². The van der Waals surface area contributed by atoms with Gasteiger partial charge < -0.3 is 20.3 Å². The number of hydrogen-bond donors (Lipinski definition) is 3. The highest BCUT2D eigenvalue weighted by molar-refractivity contribution is 14.0. The zero-order valence-electron chi connectivity index (χ0n) is 11.5. The Morgan fingerprint density at radius 2 is 2.21 bits per heavy atom. The number of halogens is 1. The molecule has 0 aliphatic rings. The summed E-state index contributed by atoms with van der Waals surface area (Å²) in [6.07, 6.45) is 2.61. The van der Waals surface area contributed by atoms with Crippen LogP contribution in [-0.2, 0) is 13.0 Å². The number of rotatable bonds is 7. The number of aliphatic imine (C=N–C) groups is 1. The Morgan fingerprint density at radius 1 is 1.42 bits per heavy atom. The van der Waals surface area contributed by atoms with Crippen LogP contribution in [0.1, 0.15) is 19.7 Å². The Morgan fingerprint density at radius 3 is 2.84 bits per heavy atom. The normalized spacial score (nSPS) is 11.0. The van der Waals surface area contributed by atoms with Gasteiger partial charge in [-0.25, -0.2) is 0 Å². The van der Waals surface area contributed by atoms with E-state index in [4.69, 9.17) is 5.11 Å². The van der Waals surface area contributed by atoms with Crippen molar-refractivity contribution >= 4 is 29.9 Å². The second-order valence-corrected chi connectivity index (χ2v) is 3.71. The second kappa shape index (κ2) is 11.0. The van der Waals surface area contributed by atoms with Crippen molar-refractivity contribution in [3.8, 4) is 0 Å². The number of nitrogens with one attached hydrogen (secondary N) is 2. The number of aliphatic hydroxyl groups is 1. The van der Waals surface area contributed by atoms with E-state index in [1.807, 2.05) is 11.5 Å². The summed E-state index contributed by atoms with van der Waals surface area (Å²) >= 11 is 0. The van der Waals surface area contributed by atoms with Crippen LogP contribution in [0, 0.1) is 0 Å². The van der Waals surface area contributed by atoms with E-state index in [1.165, 1.54) is 0 Å². The van der Waals surface area contributed by atoms with Crippen molar-refractivity contribution in [2.24, 2.45) is 4.99 Å². The molecule has 1 aromatic heterocycles. The fourth-order valence-electron chi connectivity index (χ4n) is 1.54. The van der Waals surface area contributed by atoms with E-state index in [-0.39, 0.29) is 30.6 Å². The molecule has 1 rings (SSSR count). The van der Waals surface area contributed by atoms with Gasteiger partial charge in [-0.3, -0.25) is 4.99 Å². The van der Waals surface area contributed by atoms with Gasteiger partial charge in [0.15, 0.2) is 5.96 Å². The van der Waals surface area contributed by atoms with Crippen molar-refractivity contribution in [1.82, 2.24) is 25.4 Å². The molecule has 0 amide bonds. The lowest BCUT2D eigenvalue weighted by atomic mass is 10.4. The number of aryl methyl sites for hydroxylation is 1. The quantitative estimate of drug-likeness (QED) is 0.351. The molecule has 0 saturated carbocycles. The minimum Gasteiger partial charge on any atom is -0.394 e. The Balaban J connectivity index is 0.00000324. The van der Waals surface area contributed by atoms with Crippen LogP contribution >= 0.6 is 24.0 Å². The highest BCUT2D eigenvalue weighted by atomic mass is 127. The Labute approximate surface area is 130 Å². The topological polar surface area (TPSA) is 87.4 Å². The molecule has 0 aliphatic heterocycles. The largest absolute Gasteiger partial charge is 0.394 e. The molecule has 110 valence electrons. The standard InChI is InChI=1S/C11H22N6O.HI/c1-3-10-16-15-9-17(10)7-5-13-11(12-4-2)14-6-8-18;/h9,18H,3-8H2,1-2H3,(H2,12,13,14);1H. The van der Waals surface area contributed by atoms with E-state index in [0.29, 0.717) is 6.54 Å². The molecule has 8 heteroatoms. The smallest absolute Gasteiger partial charge is 0.191 e. The molecule has 0 fully saturated rings. The molecule has 0 atom stereocenters. The van der Waals surface area contributed by atoms with E-state index in [2.05, 4.69) is 32.7 Å². The van der Waals surface area contributed by atoms with Gasteiger partial charge in [-0.1, -0.05) is 6.92 Å². The summed E-state index contributed by atoms with van der Waals surface area (Å²) in [5.41, 5.74) is 0. The zero-order chi connectivity index (χ0) is 13.2. The van der Waals surface area contributed by atoms with Gasteiger partial charge in [0.1, 0.15) is 12.2 Å². The molecular formula is C11H23IN6O. The van der Waals surface area contributed by atoms with Crippen LogP contribution in [0.5, 0.6) is 0 Å². The van der Waals surface area contributed by atoms with Crippen molar-refractivity contribution in [3.63, 3.8) is 0 Å². The van der Waals surface area contributed by atoms with E-state index in [1.54, 1.807) is 6.33 Å². The molecular weight excluding hydrogens is 359 g/mol. The molecule has 7 nitrogen and oxygen atoms in total. The van der Waals surface area contributed by atoms with Gasteiger partial charge in [0.25, 0.3) is 0 Å². The SMILES string of the molecule is CCNC(=NCCO)NCCn1cnnc1CC.I. The van der Waals surface area contributed by atoms with E-state index in [9.17, 15) is 0 Å². The number of guanidine groups is 1. The first-order valence-corrected chi connectivity index (χ1v) is 6.31. The summed E-state index contributed by atoms with van der Waals surface area (Å²) in [6, 6.07) is 0. The lowest BCUT2D eigenvalue weighted by Crippen LogP contribution is -2.39. The van der Waals surface area contributed by atoms with Crippen LogP contribution in [0.4, 0.5) is 0 Å². The number of nitrogens with zero attached hydrogens (tertiary/aromatic N) is 4. The predicted octanol–water partition coefficient (Wildman–Crippen LogP) is 0.00590. The molecule has 0 radical (unpaired) electrons. The third-order valence-electron chi connectivity index (χ3n) is 2.37. The summed E-state index contributed by atoms with van der Waals surface area (Å²) in [5.74, 6) is 1.70. The van der Waals surface area contributed by atoms with Crippen LogP contribution < -0.4 is 10.6 Å². The molecule has 0 aliphatic carbocycles. The molecule has 19 heavy (non-hydrogen) atoms. The van der Waals surface area contributed by atoms with Crippen molar-refractivity contribution < 1.29 is 5.11 Å². The van der Waals surface area contributed by atoms with Gasteiger partial charge in [0.05, 0.1) is 13.2 Å². The first-order chi connectivity index (χ1) is 8.81. The fourth-order valence-corrected chi connectivity index (χ4v) is 1.54. The van der Waals surface area contributed by atoms with Gasteiger partial charge in [0, 0.05) is 26.1 Å². The maximum atomic E-state index is 8.74. The number of aliphatic hydroxyl groups excluding tert-OH is 1. The molecule has 0 saturated heterocycles. The molecule has 1 heterocycles. The van der Waals surface area contributed by atoms with Crippen LogP contribution in [0.3, 0.4) is 0 Å². The van der Waals surface area contributed by atoms with Crippen LogP contribution in [-0.4, -0.2) is 52.1 Å². The lowest BCUT2D eigenvalue weighted by molar-refractivity contribution is 0.306. The predicted molar refractivity (Wildman–Crippen MR) is 85.9 cm³/mol. The molecule has 0 spiro atoms. The van der Waals surface area contributed by atoms with Crippen LogP contribution in [0.2, 0.25) is 0 Å². The van der Waals surface area contributed by atoms with Crippen LogP contribution in [0.25, 0.3) is 0 Å². The minimum atomic E-state index is 0. The third kappa shape index (κ3) is 6.71. The van der Waals surface area contributed by atoms with Gasteiger partial charge in [-0.15, -0.1) is 34.2 Å². The Bertz CT molecular complexity index is 368. The van der Waals surface area contributed by atoms with Gasteiger partial charge in [-0.2, -0.15) is 0 Å². The second-order valence-electron chi connectivity index (χ2n) is 3.71. The van der Waals surface area contributed by atoms with Gasteiger partial charge >= 0.3 is 0 Å². The van der Waals surface area contributed by atoms with E-state index in [0.717, 1.165) is 37.8 Å². The minimum absolute atomic E-state index is 0. The Hall–Kier alpha value is -0.900. The molecule has 0 bridgehead atoms. The maximum Gasteiger partial charge on any atom is 0.191 e. The van der Waals surface area contributed by atoms with Crippen LogP contribution in [0.15, 0.2) is 11.3 Å². The average molecular weight is 382 g/mol. The summed E-state index contributed by atoms with van der Waals surface area (Å²) < 4.78 is 2.02. The lowest BCUT2D eigenvalue weighted by Gasteiger charge is -2.11. The van der Waals surface area contributed by atoms with Crippen molar-refractivity contribution in [2.75, 3.05) is 26.2 Å².